The second-order valence-corrected chi connectivity index (χ2v) is 7.74. The number of rotatable bonds is 7. The van der Waals surface area contributed by atoms with E-state index in [0.717, 1.165) is 11.3 Å². The van der Waals surface area contributed by atoms with E-state index in [1.807, 2.05) is 48.6 Å². The molecule has 1 aliphatic rings. The molecule has 1 aliphatic carbocycles. The number of carbonyl (C=O) groups is 1. The Morgan fingerprint density at radius 3 is 2.35 bits per heavy atom. The first-order valence-corrected chi connectivity index (χ1v) is 10.6. The molecule has 4 nitrogen and oxygen atoms in total. The van der Waals surface area contributed by atoms with Crippen molar-refractivity contribution in [1.82, 2.24) is 5.32 Å². The predicted molar refractivity (Wildman–Crippen MR) is 125 cm³/mol. The van der Waals surface area contributed by atoms with E-state index in [1.165, 1.54) is 22.3 Å². The first-order valence-electron chi connectivity index (χ1n) is 10.3. The van der Waals surface area contributed by atoms with E-state index in [-0.39, 0.29) is 5.92 Å². The van der Waals surface area contributed by atoms with Crippen molar-refractivity contribution in [2.75, 3.05) is 20.3 Å². The molecule has 0 spiro atoms. The SMILES string of the molecule is COc1ccc(C=CCCNC(=O)OCC2c3ccccc3-c3ccccc32)c(Cl)c1. The first-order chi connectivity index (χ1) is 15.2. The van der Waals surface area contributed by atoms with Crippen molar-refractivity contribution in [3.8, 4) is 16.9 Å². The number of benzene rings is 3. The molecule has 0 saturated heterocycles. The minimum Gasteiger partial charge on any atom is -0.497 e. The average Bonchev–Trinajstić information content (AvgIpc) is 3.12. The van der Waals surface area contributed by atoms with Crippen LogP contribution in [0.4, 0.5) is 4.79 Å². The standard InChI is InChI=1S/C26H24ClNO3/c1-30-19-14-13-18(25(27)16-19)8-6-7-15-28-26(29)31-17-24-22-11-4-2-9-20(22)21-10-3-5-12-23(21)24/h2-6,8-14,16,24H,7,15,17H2,1H3,(H,28,29). The number of ether oxygens (including phenoxy) is 2. The van der Waals surface area contributed by atoms with Crippen LogP contribution in [0.3, 0.4) is 0 Å². The van der Waals surface area contributed by atoms with Gasteiger partial charge in [0.25, 0.3) is 0 Å². The van der Waals surface area contributed by atoms with Crippen LogP contribution in [-0.2, 0) is 4.74 Å². The molecule has 0 heterocycles. The molecule has 1 amide bonds. The highest BCUT2D eigenvalue weighted by Crippen LogP contribution is 2.44. The molecule has 1 N–H and O–H groups in total. The Hall–Kier alpha value is -3.24. The molecule has 3 aromatic carbocycles. The van der Waals surface area contributed by atoms with Gasteiger partial charge in [0.2, 0.25) is 0 Å². The summed E-state index contributed by atoms with van der Waals surface area (Å²) in [7, 11) is 1.61. The fourth-order valence-corrected chi connectivity index (χ4v) is 4.12. The summed E-state index contributed by atoms with van der Waals surface area (Å²) in [4.78, 5) is 12.2. The van der Waals surface area contributed by atoms with Crippen molar-refractivity contribution >= 4 is 23.8 Å². The summed E-state index contributed by atoms with van der Waals surface area (Å²) >= 11 is 6.23. The molecular formula is C26H24ClNO3. The van der Waals surface area contributed by atoms with Crippen LogP contribution in [0.15, 0.2) is 72.8 Å². The number of halogens is 1. The Balaban J connectivity index is 1.27. The van der Waals surface area contributed by atoms with Crippen LogP contribution in [-0.4, -0.2) is 26.4 Å². The Labute approximate surface area is 187 Å². The second kappa shape index (κ2) is 9.71. The van der Waals surface area contributed by atoms with E-state index in [1.54, 1.807) is 13.2 Å². The van der Waals surface area contributed by atoms with Crippen molar-refractivity contribution in [2.24, 2.45) is 0 Å². The molecular weight excluding hydrogens is 410 g/mol. The van der Waals surface area contributed by atoms with E-state index in [2.05, 4.69) is 29.6 Å². The zero-order chi connectivity index (χ0) is 21.6. The van der Waals surface area contributed by atoms with E-state index in [0.29, 0.717) is 24.6 Å². The highest BCUT2D eigenvalue weighted by atomic mass is 35.5. The summed E-state index contributed by atoms with van der Waals surface area (Å²) in [5.41, 5.74) is 5.75. The normalized spacial score (nSPS) is 12.5. The molecule has 0 saturated carbocycles. The van der Waals surface area contributed by atoms with E-state index in [4.69, 9.17) is 21.1 Å². The van der Waals surface area contributed by atoms with Crippen LogP contribution in [0.25, 0.3) is 17.2 Å². The Morgan fingerprint density at radius 1 is 1.03 bits per heavy atom. The lowest BCUT2D eigenvalue weighted by atomic mass is 9.98. The van der Waals surface area contributed by atoms with Gasteiger partial charge < -0.3 is 14.8 Å². The molecule has 3 aromatic rings. The lowest BCUT2D eigenvalue weighted by molar-refractivity contribution is 0.143. The highest BCUT2D eigenvalue weighted by Gasteiger charge is 2.28. The maximum atomic E-state index is 12.2. The minimum absolute atomic E-state index is 0.0651. The average molecular weight is 434 g/mol. The number of carbonyl (C=O) groups excluding carboxylic acids is 1. The van der Waals surface area contributed by atoms with E-state index < -0.39 is 6.09 Å². The zero-order valence-electron chi connectivity index (χ0n) is 17.3. The smallest absolute Gasteiger partial charge is 0.407 e. The first kappa shape index (κ1) is 21.0. The zero-order valence-corrected chi connectivity index (χ0v) is 18.1. The van der Waals surface area contributed by atoms with Crippen molar-refractivity contribution in [3.05, 3.63) is 94.5 Å². The summed E-state index contributed by atoms with van der Waals surface area (Å²) in [5.74, 6) is 0.786. The fourth-order valence-electron chi connectivity index (χ4n) is 3.89. The van der Waals surface area contributed by atoms with Crippen LogP contribution in [0.5, 0.6) is 5.75 Å². The van der Waals surface area contributed by atoms with Gasteiger partial charge in [-0.25, -0.2) is 4.79 Å². The van der Waals surface area contributed by atoms with Crippen molar-refractivity contribution in [2.45, 2.75) is 12.3 Å². The third kappa shape index (κ3) is 4.75. The molecule has 0 aromatic heterocycles. The summed E-state index contributed by atoms with van der Waals surface area (Å²) in [5, 5.41) is 3.43. The number of amides is 1. The van der Waals surface area contributed by atoms with Crippen molar-refractivity contribution < 1.29 is 14.3 Å². The quantitative estimate of drug-likeness (QED) is 0.445. The summed E-state index contributed by atoms with van der Waals surface area (Å²) < 4.78 is 10.7. The summed E-state index contributed by atoms with van der Waals surface area (Å²) in [6.45, 7) is 0.804. The molecule has 5 heteroatoms. The Morgan fingerprint density at radius 2 is 1.71 bits per heavy atom. The lowest BCUT2D eigenvalue weighted by Gasteiger charge is -2.14. The number of hydrogen-bond donors (Lipinski definition) is 1. The Bertz CT molecular complexity index is 1060. The molecule has 0 aliphatic heterocycles. The van der Waals surface area contributed by atoms with Gasteiger partial charge in [-0.1, -0.05) is 72.3 Å². The topological polar surface area (TPSA) is 47.6 Å². The molecule has 4 rings (SSSR count). The summed E-state index contributed by atoms with van der Waals surface area (Å²) in [6, 6.07) is 22.1. The molecule has 0 unspecified atom stereocenters. The van der Waals surface area contributed by atoms with Gasteiger partial charge in [-0.3, -0.25) is 0 Å². The Kier molecular flexibility index (Phi) is 6.58. The molecule has 158 valence electrons. The number of nitrogens with one attached hydrogen (secondary N) is 1. The maximum Gasteiger partial charge on any atom is 0.407 e. The number of fused-ring (bicyclic) bond motifs is 3. The van der Waals surface area contributed by atoms with Gasteiger partial charge in [-0.15, -0.1) is 0 Å². The predicted octanol–water partition coefficient (Wildman–Crippen LogP) is 6.29. The van der Waals surface area contributed by atoms with Gasteiger partial charge >= 0.3 is 6.09 Å². The molecule has 31 heavy (non-hydrogen) atoms. The van der Waals surface area contributed by atoms with Crippen LogP contribution < -0.4 is 10.1 Å². The molecule has 0 radical (unpaired) electrons. The van der Waals surface area contributed by atoms with Crippen LogP contribution in [0.1, 0.15) is 29.0 Å². The van der Waals surface area contributed by atoms with Crippen molar-refractivity contribution in [1.29, 1.82) is 0 Å². The lowest BCUT2D eigenvalue weighted by Crippen LogP contribution is -2.26. The molecule has 0 fully saturated rings. The monoisotopic (exact) mass is 433 g/mol. The van der Waals surface area contributed by atoms with Gasteiger partial charge in [0.05, 0.1) is 12.1 Å². The number of methoxy groups -OCH3 is 1. The van der Waals surface area contributed by atoms with Crippen molar-refractivity contribution in [3.63, 3.8) is 0 Å². The van der Waals surface area contributed by atoms with Crippen LogP contribution in [0.2, 0.25) is 5.02 Å². The second-order valence-electron chi connectivity index (χ2n) is 7.33. The summed E-state index contributed by atoms with van der Waals surface area (Å²) in [6.07, 6.45) is 4.17. The largest absolute Gasteiger partial charge is 0.497 e. The number of alkyl carbamates (subject to hydrolysis) is 1. The van der Waals surface area contributed by atoms with Gasteiger partial charge in [0.1, 0.15) is 12.4 Å². The highest BCUT2D eigenvalue weighted by molar-refractivity contribution is 6.32. The van der Waals surface area contributed by atoms with E-state index in [9.17, 15) is 4.79 Å². The maximum absolute atomic E-state index is 12.2. The number of hydrogen-bond acceptors (Lipinski definition) is 3. The van der Waals surface area contributed by atoms with Gasteiger partial charge in [-0.2, -0.15) is 0 Å². The van der Waals surface area contributed by atoms with Gasteiger partial charge in [-0.05, 0) is 52.4 Å². The minimum atomic E-state index is -0.405. The van der Waals surface area contributed by atoms with Gasteiger partial charge in [0.15, 0.2) is 0 Å². The van der Waals surface area contributed by atoms with E-state index >= 15 is 0 Å². The van der Waals surface area contributed by atoms with Crippen LogP contribution in [0, 0.1) is 0 Å². The molecule has 0 atom stereocenters. The third-order valence-electron chi connectivity index (χ3n) is 5.43. The third-order valence-corrected chi connectivity index (χ3v) is 5.76. The fraction of sp³-hybridized carbons (Fsp3) is 0.192. The molecule has 0 bridgehead atoms. The van der Waals surface area contributed by atoms with Crippen LogP contribution >= 0.6 is 11.6 Å². The van der Waals surface area contributed by atoms with Gasteiger partial charge in [0, 0.05) is 12.5 Å².